The number of likely N-dealkylation sites (tertiary alicyclic amines) is 1. The van der Waals surface area contributed by atoms with Crippen LogP contribution in [0.5, 0.6) is 5.75 Å². The number of imide groups is 1. The molecule has 2 heterocycles. The van der Waals surface area contributed by atoms with Crippen LogP contribution in [0.3, 0.4) is 0 Å². The number of ether oxygens (including phenoxy) is 1. The third-order valence-corrected chi connectivity index (χ3v) is 7.03. The van der Waals surface area contributed by atoms with E-state index in [1.165, 1.54) is 34.5 Å². The summed E-state index contributed by atoms with van der Waals surface area (Å²) < 4.78 is 32.4. The fraction of sp³-hybridized carbons (Fsp3) is 0.526. The van der Waals surface area contributed by atoms with Crippen LogP contribution in [0.4, 0.5) is 0 Å². The third-order valence-electron chi connectivity index (χ3n) is 5.11. The van der Waals surface area contributed by atoms with E-state index in [1.54, 1.807) is 0 Å². The molecule has 0 radical (unpaired) electrons. The van der Waals surface area contributed by atoms with Crippen LogP contribution in [0, 0.1) is 0 Å². The van der Waals surface area contributed by atoms with E-state index in [1.807, 2.05) is 0 Å². The van der Waals surface area contributed by atoms with Crippen molar-refractivity contribution in [3.63, 3.8) is 0 Å². The Hall–Kier alpha value is -2.46. The number of sulfonamides is 1. The number of benzene rings is 1. The van der Waals surface area contributed by atoms with Crippen molar-refractivity contribution in [1.82, 2.24) is 14.5 Å². The second-order valence-electron chi connectivity index (χ2n) is 7.03. The van der Waals surface area contributed by atoms with Gasteiger partial charge in [0.1, 0.15) is 10.6 Å². The fourth-order valence-corrected chi connectivity index (χ4v) is 5.20. The average molecular weight is 423 g/mol. The molecule has 158 valence electrons. The van der Waals surface area contributed by atoms with Crippen molar-refractivity contribution < 1.29 is 27.5 Å². The summed E-state index contributed by atoms with van der Waals surface area (Å²) in [6, 6.07) is 4.31. The first-order chi connectivity index (χ1) is 13.8. The van der Waals surface area contributed by atoms with Crippen molar-refractivity contribution >= 4 is 27.7 Å². The Bertz CT molecular complexity index is 893. The molecule has 2 aliphatic heterocycles. The van der Waals surface area contributed by atoms with Gasteiger partial charge in [-0.3, -0.25) is 19.3 Å². The van der Waals surface area contributed by atoms with Gasteiger partial charge in [0, 0.05) is 44.6 Å². The summed E-state index contributed by atoms with van der Waals surface area (Å²) in [7, 11) is -2.35. The monoisotopic (exact) mass is 423 g/mol. The van der Waals surface area contributed by atoms with E-state index < -0.39 is 15.9 Å². The quantitative estimate of drug-likeness (QED) is 0.488. The minimum Gasteiger partial charge on any atom is -0.495 e. The Kier molecular flexibility index (Phi) is 6.53. The van der Waals surface area contributed by atoms with Gasteiger partial charge in [0.05, 0.1) is 7.11 Å². The van der Waals surface area contributed by atoms with Crippen molar-refractivity contribution in [3.8, 4) is 5.75 Å². The summed E-state index contributed by atoms with van der Waals surface area (Å²) in [5.41, 5.74) is 0.205. The highest BCUT2D eigenvalue weighted by atomic mass is 32.2. The highest BCUT2D eigenvalue weighted by molar-refractivity contribution is 7.89. The van der Waals surface area contributed by atoms with Gasteiger partial charge in [0.15, 0.2) is 0 Å². The van der Waals surface area contributed by atoms with E-state index >= 15 is 0 Å². The molecule has 0 bridgehead atoms. The summed E-state index contributed by atoms with van der Waals surface area (Å²) in [6.45, 7) is 1.43. The summed E-state index contributed by atoms with van der Waals surface area (Å²) >= 11 is 0. The molecule has 1 aromatic rings. The van der Waals surface area contributed by atoms with Gasteiger partial charge in [-0.25, -0.2) is 8.42 Å². The van der Waals surface area contributed by atoms with E-state index in [0.29, 0.717) is 19.5 Å². The number of hydrogen-bond acceptors (Lipinski definition) is 6. The lowest BCUT2D eigenvalue weighted by atomic mass is 10.2. The molecule has 9 nitrogen and oxygen atoms in total. The van der Waals surface area contributed by atoms with Gasteiger partial charge >= 0.3 is 0 Å². The Balaban J connectivity index is 1.65. The molecule has 0 aliphatic carbocycles. The number of amides is 3. The van der Waals surface area contributed by atoms with Crippen molar-refractivity contribution in [1.29, 1.82) is 0 Å². The molecule has 3 amide bonds. The first kappa shape index (κ1) is 21.3. The van der Waals surface area contributed by atoms with Crippen molar-refractivity contribution in [2.45, 2.75) is 37.0 Å². The van der Waals surface area contributed by atoms with E-state index in [-0.39, 0.29) is 54.0 Å². The number of nitrogens with one attached hydrogen (secondary N) is 1. The van der Waals surface area contributed by atoms with Crippen LogP contribution in [-0.4, -0.2) is 68.6 Å². The molecule has 2 aliphatic rings. The van der Waals surface area contributed by atoms with E-state index in [4.69, 9.17) is 4.74 Å². The first-order valence-corrected chi connectivity index (χ1v) is 11.1. The molecule has 1 aromatic carbocycles. The molecular formula is C19H25N3O6S. The molecule has 29 heavy (non-hydrogen) atoms. The van der Waals surface area contributed by atoms with Crippen molar-refractivity contribution in [2.75, 3.05) is 33.3 Å². The first-order valence-electron chi connectivity index (χ1n) is 9.64. The van der Waals surface area contributed by atoms with Crippen LogP contribution < -0.4 is 10.1 Å². The second-order valence-corrected chi connectivity index (χ2v) is 8.93. The molecule has 1 N–H and O–H groups in total. The van der Waals surface area contributed by atoms with Crippen LogP contribution >= 0.6 is 0 Å². The topological polar surface area (TPSA) is 113 Å². The highest BCUT2D eigenvalue weighted by Crippen LogP contribution is 2.29. The SMILES string of the molecule is COc1ccc(C(=O)NCCCN2C(=O)CCC2=O)cc1S(=O)(=O)N1CCCC1. The fourth-order valence-electron chi connectivity index (χ4n) is 3.50. The van der Waals surface area contributed by atoms with Crippen molar-refractivity contribution in [3.05, 3.63) is 23.8 Å². The van der Waals surface area contributed by atoms with Gasteiger partial charge in [0.2, 0.25) is 21.8 Å². The molecular weight excluding hydrogens is 398 g/mol. The lowest BCUT2D eigenvalue weighted by Crippen LogP contribution is -2.33. The number of carbonyl (C=O) groups excluding carboxylic acids is 3. The number of hydrogen-bond donors (Lipinski definition) is 1. The number of carbonyl (C=O) groups is 3. The maximum absolute atomic E-state index is 12.9. The zero-order valence-electron chi connectivity index (χ0n) is 16.3. The Morgan fingerprint density at radius 2 is 1.79 bits per heavy atom. The molecule has 0 saturated carbocycles. The van der Waals surface area contributed by atoms with Gasteiger partial charge in [-0.15, -0.1) is 0 Å². The standard InChI is InChI=1S/C19H25N3O6S/c1-28-15-6-5-14(13-16(15)29(26,27)21-10-2-3-11-21)19(25)20-9-4-12-22-17(23)7-8-18(22)24/h5-6,13H,2-4,7-12H2,1H3,(H,20,25). The number of nitrogens with zero attached hydrogens (tertiary/aromatic N) is 2. The Morgan fingerprint density at radius 3 is 2.41 bits per heavy atom. The van der Waals surface area contributed by atoms with Crippen LogP contribution in [0.15, 0.2) is 23.1 Å². The summed E-state index contributed by atoms with van der Waals surface area (Å²) in [5, 5.41) is 2.70. The smallest absolute Gasteiger partial charge is 0.251 e. The van der Waals surface area contributed by atoms with Crippen LogP contribution in [-0.2, 0) is 19.6 Å². The summed E-state index contributed by atoms with van der Waals surface area (Å²) in [6.07, 6.45) is 2.53. The third kappa shape index (κ3) is 4.59. The van der Waals surface area contributed by atoms with Gasteiger partial charge in [0.25, 0.3) is 5.91 Å². The molecule has 0 unspecified atom stereocenters. The van der Waals surface area contributed by atoms with E-state index in [2.05, 4.69) is 5.32 Å². The maximum Gasteiger partial charge on any atom is 0.251 e. The van der Waals surface area contributed by atoms with Crippen LogP contribution in [0.25, 0.3) is 0 Å². The molecule has 2 fully saturated rings. The molecule has 0 aromatic heterocycles. The molecule has 2 saturated heterocycles. The van der Waals surface area contributed by atoms with Gasteiger partial charge in [-0.2, -0.15) is 4.31 Å². The van der Waals surface area contributed by atoms with Crippen molar-refractivity contribution in [2.24, 2.45) is 0 Å². The predicted octanol–water partition coefficient (Wildman–Crippen LogP) is 0.749. The zero-order chi connectivity index (χ0) is 21.0. The van der Waals surface area contributed by atoms with E-state index in [9.17, 15) is 22.8 Å². The van der Waals surface area contributed by atoms with Crippen LogP contribution in [0.1, 0.15) is 42.5 Å². The van der Waals surface area contributed by atoms with Gasteiger partial charge in [-0.05, 0) is 37.5 Å². The minimum absolute atomic E-state index is 0.0252. The Labute approximate surface area is 170 Å². The van der Waals surface area contributed by atoms with Gasteiger partial charge in [-0.1, -0.05) is 0 Å². The predicted molar refractivity (Wildman–Crippen MR) is 104 cm³/mol. The molecule has 0 atom stereocenters. The van der Waals surface area contributed by atoms with Crippen LogP contribution in [0.2, 0.25) is 0 Å². The lowest BCUT2D eigenvalue weighted by Gasteiger charge is -2.18. The lowest BCUT2D eigenvalue weighted by molar-refractivity contribution is -0.138. The Morgan fingerprint density at radius 1 is 1.14 bits per heavy atom. The highest BCUT2D eigenvalue weighted by Gasteiger charge is 2.31. The summed E-state index contributed by atoms with van der Waals surface area (Å²) in [4.78, 5) is 36.8. The largest absolute Gasteiger partial charge is 0.495 e. The minimum atomic E-state index is -3.74. The maximum atomic E-state index is 12.9. The molecule has 0 spiro atoms. The summed E-state index contributed by atoms with van der Waals surface area (Å²) in [5.74, 6) is -0.606. The number of methoxy groups -OCH3 is 1. The van der Waals surface area contributed by atoms with E-state index in [0.717, 1.165) is 12.8 Å². The molecule has 3 rings (SSSR count). The zero-order valence-corrected chi connectivity index (χ0v) is 17.2. The van der Waals surface area contributed by atoms with Gasteiger partial charge < -0.3 is 10.1 Å². The molecule has 10 heteroatoms. The normalized spacial score (nSPS) is 17.8. The number of rotatable bonds is 8. The second kappa shape index (κ2) is 8.91. The average Bonchev–Trinajstić information content (AvgIpc) is 3.36.